The van der Waals surface area contributed by atoms with Gasteiger partial charge in [-0.25, -0.2) is 4.79 Å². The van der Waals surface area contributed by atoms with E-state index < -0.39 is 0 Å². The van der Waals surface area contributed by atoms with E-state index in [1.807, 2.05) is 36.4 Å². The van der Waals surface area contributed by atoms with Gasteiger partial charge in [0.1, 0.15) is 6.10 Å². The number of ether oxygens (including phenoxy) is 1. The number of carbonyl (C=O) groups is 1. The highest BCUT2D eigenvalue weighted by atomic mass is 16.5. The van der Waals surface area contributed by atoms with Crippen LogP contribution in [0.2, 0.25) is 0 Å². The normalized spacial score (nSPS) is 19.2. The van der Waals surface area contributed by atoms with Crippen molar-refractivity contribution in [3.8, 4) is 11.4 Å². The van der Waals surface area contributed by atoms with Crippen molar-refractivity contribution in [3.63, 3.8) is 0 Å². The van der Waals surface area contributed by atoms with Crippen LogP contribution in [0.4, 0.5) is 10.5 Å². The molecular weight excluding hydrogens is 358 g/mol. The van der Waals surface area contributed by atoms with Gasteiger partial charge in [-0.1, -0.05) is 17.3 Å². The Labute approximate surface area is 162 Å². The third-order valence-electron chi connectivity index (χ3n) is 4.58. The van der Waals surface area contributed by atoms with Crippen LogP contribution in [0, 0.1) is 6.92 Å². The molecule has 1 aliphatic heterocycles. The zero-order valence-corrected chi connectivity index (χ0v) is 15.5. The molecule has 2 atom stereocenters. The summed E-state index contributed by atoms with van der Waals surface area (Å²) < 4.78 is 10.9. The van der Waals surface area contributed by atoms with E-state index in [0.29, 0.717) is 24.0 Å². The van der Waals surface area contributed by atoms with Crippen LogP contribution in [0.15, 0.2) is 53.3 Å². The lowest BCUT2D eigenvalue weighted by molar-refractivity contribution is -0.00701. The molecule has 1 aliphatic rings. The SMILES string of the molecule is Cc1nc(-c2cccc(NC(=O)N[C@H]3CCCO[C@@H]3c3ccncc3)c2)no1. The Morgan fingerprint density at radius 3 is 2.86 bits per heavy atom. The average Bonchev–Trinajstić information content (AvgIpc) is 3.16. The highest BCUT2D eigenvalue weighted by molar-refractivity contribution is 5.90. The molecule has 0 aliphatic carbocycles. The Balaban J connectivity index is 1.43. The van der Waals surface area contributed by atoms with Crippen molar-refractivity contribution in [1.29, 1.82) is 0 Å². The van der Waals surface area contributed by atoms with Gasteiger partial charge in [0.25, 0.3) is 0 Å². The fourth-order valence-corrected chi connectivity index (χ4v) is 3.30. The minimum absolute atomic E-state index is 0.112. The van der Waals surface area contributed by atoms with Crippen LogP contribution in [-0.2, 0) is 4.74 Å². The molecule has 0 spiro atoms. The molecule has 8 heteroatoms. The summed E-state index contributed by atoms with van der Waals surface area (Å²) in [5.74, 6) is 0.977. The minimum atomic E-state index is -0.281. The third kappa shape index (κ3) is 4.17. The summed E-state index contributed by atoms with van der Waals surface area (Å²) in [6, 6.07) is 10.8. The summed E-state index contributed by atoms with van der Waals surface area (Å²) in [5.41, 5.74) is 2.43. The number of rotatable bonds is 4. The number of benzene rings is 1. The van der Waals surface area contributed by atoms with Crippen molar-refractivity contribution >= 4 is 11.7 Å². The van der Waals surface area contributed by atoms with E-state index in [9.17, 15) is 4.79 Å². The van der Waals surface area contributed by atoms with E-state index in [4.69, 9.17) is 9.26 Å². The fourth-order valence-electron chi connectivity index (χ4n) is 3.30. The monoisotopic (exact) mass is 379 g/mol. The average molecular weight is 379 g/mol. The first-order chi connectivity index (χ1) is 13.7. The highest BCUT2D eigenvalue weighted by Gasteiger charge is 2.28. The number of aromatic nitrogens is 3. The number of anilines is 1. The number of amides is 2. The summed E-state index contributed by atoms with van der Waals surface area (Å²) >= 11 is 0. The molecular formula is C20H21N5O3. The second-order valence-corrected chi connectivity index (χ2v) is 6.64. The van der Waals surface area contributed by atoms with E-state index in [1.54, 1.807) is 19.3 Å². The zero-order valence-electron chi connectivity index (χ0n) is 15.5. The molecule has 2 N–H and O–H groups in total. The molecule has 0 saturated carbocycles. The van der Waals surface area contributed by atoms with E-state index in [2.05, 4.69) is 25.8 Å². The van der Waals surface area contributed by atoms with Crippen LogP contribution in [0.1, 0.15) is 30.4 Å². The Kier molecular flexibility index (Phi) is 5.29. The number of pyridine rings is 1. The lowest BCUT2D eigenvalue weighted by Crippen LogP contribution is -2.44. The van der Waals surface area contributed by atoms with Gasteiger partial charge in [-0.2, -0.15) is 4.98 Å². The first-order valence-electron chi connectivity index (χ1n) is 9.19. The van der Waals surface area contributed by atoms with Gasteiger partial charge in [-0.3, -0.25) is 4.98 Å². The molecule has 1 saturated heterocycles. The maximum Gasteiger partial charge on any atom is 0.319 e. The van der Waals surface area contributed by atoms with Crippen LogP contribution in [0.5, 0.6) is 0 Å². The minimum Gasteiger partial charge on any atom is -0.371 e. The maximum atomic E-state index is 12.6. The largest absolute Gasteiger partial charge is 0.371 e. The van der Waals surface area contributed by atoms with Crippen LogP contribution >= 0.6 is 0 Å². The first-order valence-corrected chi connectivity index (χ1v) is 9.19. The second kappa shape index (κ2) is 8.18. The maximum absolute atomic E-state index is 12.6. The fraction of sp³-hybridized carbons (Fsp3) is 0.300. The third-order valence-corrected chi connectivity index (χ3v) is 4.58. The predicted molar refractivity (Wildman–Crippen MR) is 103 cm³/mol. The van der Waals surface area contributed by atoms with Crippen LogP contribution < -0.4 is 10.6 Å². The van der Waals surface area contributed by atoms with Gasteiger partial charge in [-0.15, -0.1) is 0 Å². The van der Waals surface area contributed by atoms with Gasteiger partial charge in [-0.05, 0) is 42.7 Å². The topological polar surface area (TPSA) is 102 Å². The molecule has 8 nitrogen and oxygen atoms in total. The van der Waals surface area contributed by atoms with Crippen LogP contribution in [0.25, 0.3) is 11.4 Å². The van der Waals surface area contributed by atoms with Gasteiger partial charge >= 0.3 is 6.03 Å². The summed E-state index contributed by atoms with van der Waals surface area (Å²) in [7, 11) is 0. The summed E-state index contributed by atoms with van der Waals surface area (Å²) in [6.07, 6.45) is 5.03. The standard InChI is InChI=1S/C20H21N5O3/c1-13-22-19(25-28-13)15-4-2-5-16(12-15)23-20(26)24-17-6-3-11-27-18(17)14-7-9-21-10-8-14/h2,4-5,7-10,12,17-18H,3,6,11H2,1H3,(H2,23,24,26)/t17-,18+/m0/s1. The quantitative estimate of drug-likeness (QED) is 0.719. The molecule has 0 radical (unpaired) electrons. The molecule has 1 aromatic carbocycles. The van der Waals surface area contributed by atoms with Crippen molar-refractivity contribution in [2.24, 2.45) is 0 Å². The van der Waals surface area contributed by atoms with E-state index in [-0.39, 0.29) is 18.2 Å². The van der Waals surface area contributed by atoms with Gasteiger partial charge in [0.15, 0.2) is 0 Å². The van der Waals surface area contributed by atoms with Crippen molar-refractivity contribution in [2.75, 3.05) is 11.9 Å². The lowest BCUT2D eigenvalue weighted by atomic mass is 9.97. The molecule has 0 unspecified atom stereocenters. The molecule has 2 amide bonds. The van der Waals surface area contributed by atoms with Crippen molar-refractivity contribution in [3.05, 3.63) is 60.2 Å². The Morgan fingerprint density at radius 1 is 1.21 bits per heavy atom. The molecule has 2 aromatic heterocycles. The van der Waals surface area contributed by atoms with E-state index >= 15 is 0 Å². The number of hydrogen-bond acceptors (Lipinski definition) is 6. The Bertz CT molecular complexity index is 944. The predicted octanol–water partition coefficient (Wildman–Crippen LogP) is 3.48. The number of urea groups is 1. The molecule has 4 rings (SSSR count). The van der Waals surface area contributed by atoms with Gasteiger partial charge in [0.05, 0.1) is 6.04 Å². The number of aryl methyl sites for hydroxylation is 1. The van der Waals surface area contributed by atoms with Crippen molar-refractivity contribution < 1.29 is 14.1 Å². The van der Waals surface area contributed by atoms with Gasteiger partial charge in [0, 0.05) is 37.2 Å². The number of nitrogens with zero attached hydrogens (tertiary/aromatic N) is 3. The van der Waals surface area contributed by atoms with Crippen molar-refractivity contribution in [1.82, 2.24) is 20.4 Å². The zero-order chi connectivity index (χ0) is 19.3. The Morgan fingerprint density at radius 2 is 2.07 bits per heavy atom. The number of hydrogen-bond donors (Lipinski definition) is 2. The van der Waals surface area contributed by atoms with Crippen LogP contribution in [0.3, 0.4) is 0 Å². The smallest absolute Gasteiger partial charge is 0.319 e. The molecule has 0 bridgehead atoms. The number of nitrogens with one attached hydrogen (secondary N) is 2. The number of carbonyl (C=O) groups excluding carboxylic acids is 1. The lowest BCUT2D eigenvalue weighted by Gasteiger charge is -2.32. The molecule has 3 aromatic rings. The summed E-state index contributed by atoms with van der Waals surface area (Å²) in [5, 5.41) is 9.82. The van der Waals surface area contributed by atoms with Gasteiger partial charge in [0.2, 0.25) is 11.7 Å². The molecule has 1 fully saturated rings. The molecule has 144 valence electrons. The molecule has 28 heavy (non-hydrogen) atoms. The molecule has 3 heterocycles. The van der Waals surface area contributed by atoms with Gasteiger partial charge < -0.3 is 19.9 Å². The first kappa shape index (κ1) is 18.1. The summed E-state index contributed by atoms with van der Waals surface area (Å²) in [6.45, 7) is 2.41. The highest BCUT2D eigenvalue weighted by Crippen LogP contribution is 2.28. The van der Waals surface area contributed by atoms with E-state index in [1.165, 1.54) is 0 Å². The Hall–Kier alpha value is -3.26. The van der Waals surface area contributed by atoms with Crippen LogP contribution in [-0.4, -0.2) is 33.8 Å². The van der Waals surface area contributed by atoms with E-state index in [0.717, 1.165) is 24.0 Å². The van der Waals surface area contributed by atoms with Crippen molar-refractivity contribution in [2.45, 2.75) is 31.9 Å². The summed E-state index contributed by atoms with van der Waals surface area (Å²) in [4.78, 5) is 20.8. The second-order valence-electron chi connectivity index (χ2n) is 6.64.